The first-order valence-electron chi connectivity index (χ1n) is 4.81. The number of hydrogen-bond donors (Lipinski definition) is 1. The molecule has 0 radical (unpaired) electrons. The molecule has 0 saturated heterocycles. The molecule has 1 aromatic rings. The van der Waals surface area contributed by atoms with Crippen LogP contribution in [0.25, 0.3) is 0 Å². The molecule has 0 bridgehead atoms. The van der Waals surface area contributed by atoms with E-state index in [4.69, 9.17) is 0 Å². The van der Waals surface area contributed by atoms with E-state index in [2.05, 4.69) is 4.74 Å². The highest BCUT2D eigenvalue weighted by Crippen LogP contribution is 2.39. The predicted octanol–water partition coefficient (Wildman–Crippen LogP) is 2.24. The van der Waals surface area contributed by atoms with Crippen molar-refractivity contribution in [2.45, 2.75) is 26.7 Å². The zero-order valence-corrected chi connectivity index (χ0v) is 10.5. The zero-order chi connectivity index (χ0) is 12.5. The molecule has 1 unspecified atom stereocenters. The lowest BCUT2D eigenvalue weighted by molar-refractivity contribution is -0.118. The van der Waals surface area contributed by atoms with Crippen LogP contribution in [0.3, 0.4) is 0 Å². The summed E-state index contributed by atoms with van der Waals surface area (Å²) in [5, 5.41) is 9.89. The lowest BCUT2D eigenvalue weighted by Gasteiger charge is -2.05. The Morgan fingerprint density at radius 2 is 2.00 bits per heavy atom. The van der Waals surface area contributed by atoms with E-state index in [0.29, 0.717) is 9.75 Å². The normalized spacial score (nSPS) is 12.2. The molecular formula is C11H14O4S. The molecule has 0 aliphatic rings. The number of carbonyl (C=O) groups excluding carboxylic acids is 2. The number of rotatable bonds is 3. The molecule has 1 rings (SSSR count). The van der Waals surface area contributed by atoms with E-state index in [9.17, 15) is 14.7 Å². The van der Waals surface area contributed by atoms with E-state index < -0.39 is 11.9 Å². The van der Waals surface area contributed by atoms with Crippen LogP contribution in [-0.2, 0) is 9.53 Å². The van der Waals surface area contributed by atoms with Crippen LogP contribution in [-0.4, -0.2) is 24.0 Å². The first kappa shape index (κ1) is 12.7. The van der Waals surface area contributed by atoms with Gasteiger partial charge in [-0.1, -0.05) is 6.92 Å². The molecule has 1 atom stereocenters. The van der Waals surface area contributed by atoms with Crippen molar-refractivity contribution < 1.29 is 19.4 Å². The number of thiophene rings is 1. The Morgan fingerprint density at radius 1 is 1.44 bits per heavy atom. The molecule has 88 valence electrons. The van der Waals surface area contributed by atoms with Gasteiger partial charge in [0.25, 0.3) is 0 Å². The second kappa shape index (κ2) is 4.65. The van der Waals surface area contributed by atoms with Crippen LogP contribution in [0.5, 0.6) is 5.75 Å². The number of methoxy groups -OCH3 is 1. The molecule has 0 fully saturated rings. The fraction of sp³-hybridized carbons (Fsp3) is 0.455. The Balaban J connectivity index is 3.26. The van der Waals surface area contributed by atoms with Crippen LogP contribution in [0.1, 0.15) is 39.9 Å². The van der Waals surface area contributed by atoms with Crippen LogP contribution in [0.2, 0.25) is 0 Å². The van der Waals surface area contributed by atoms with Crippen molar-refractivity contribution in [1.29, 1.82) is 0 Å². The van der Waals surface area contributed by atoms with Crippen LogP contribution < -0.4 is 0 Å². The van der Waals surface area contributed by atoms with Crippen molar-refractivity contribution in [3.63, 3.8) is 0 Å². The smallest absolute Gasteiger partial charge is 0.342 e. The number of aromatic hydroxyl groups is 1. The molecule has 1 N–H and O–H groups in total. The SMILES string of the molecule is COC(=O)c1c(C)sc(C(C)C(C)=O)c1O. The van der Waals surface area contributed by atoms with Gasteiger partial charge in [-0.05, 0) is 13.8 Å². The summed E-state index contributed by atoms with van der Waals surface area (Å²) < 4.78 is 4.57. The number of ketones is 1. The van der Waals surface area contributed by atoms with Gasteiger partial charge in [-0.2, -0.15) is 0 Å². The molecule has 0 saturated carbocycles. The summed E-state index contributed by atoms with van der Waals surface area (Å²) in [6.07, 6.45) is 0. The zero-order valence-electron chi connectivity index (χ0n) is 9.66. The maximum absolute atomic E-state index is 11.4. The van der Waals surface area contributed by atoms with Crippen LogP contribution in [0, 0.1) is 6.92 Å². The number of ether oxygens (including phenoxy) is 1. The third-order valence-corrected chi connectivity index (χ3v) is 3.76. The molecule has 16 heavy (non-hydrogen) atoms. The Hall–Kier alpha value is -1.36. The molecule has 0 aliphatic heterocycles. The van der Waals surface area contributed by atoms with Gasteiger partial charge in [0, 0.05) is 4.88 Å². The van der Waals surface area contributed by atoms with Crippen molar-refractivity contribution in [3.8, 4) is 5.75 Å². The van der Waals surface area contributed by atoms with Crippen LogP contribution in [0.15, 0.2) is 0 Å². The van der Waals surface area contributed by atoms with Crippen molar-refractivity contribution in [1.82, 2.24) is 0 Å². The minimum atomic E-state index is -0.576. The summed E-state index contributed by atoms with van der Waals surface area (Å²) in [6.45, 7) is 4.87. The van der Waals surface area contributed by atoms with Gasteiger partial charge >= 0.3 is 5.97 Å². The summed E-state index contributed by atoms with van der Waals surface area (Å²) in [5.74, 6) is -1.15. The Labute approximate surface area is 97.9 Å². The molecular weight excluding hydrogens is 228 g/mol. The Kier molecular flexibility index (Phi) is 3.70. The first-order valence-corrected chi connectivity index (χ1v) is 5.62. The minimum absolute atomic E-state index is 0.0482. The van der Waals surface area contributed by atoms with E-state index in [-0.39, 0.29) is 17.1 Å². The summed E-state index contributed by atoms with van der Waals surface area (Å²) in [7, 11) is 1.26. The summed E-state index contributed by atoms with van der Waals surface area (Å²) in [6, 6.07) is 0. The molecule has 0 amide bonds. The van der Waals surface area contributed by atoms with E-state index in [1.54, 1.807) is 13.8 Å². The number of carbonyl (C=O) groups is 2. The average Bonchev–Trinajstić information content (AvgIpc) is 2.52. The monoisotopic (exact) mass is 242 g/mol. The maximum Gasteiger partial charge on any atom is 0.342 e. The number of hydrogen-bond acceptors (Lipinski definition) is 5. The lowest BCUT2D eigenvalue weighted by atomic mass is 10.0. The third-order valence-electron chi connectivity index (χ3n) is 2.48. The predicted molar refractivity (Wildman–Crippen MR) is 61.2 cm³/mol. The average molecular weight is 242 g/mol. The quantitative estimate of drug-likeness (QED) is 0.826. The fourth-order valence-corrected chi connectivity index (χ4v) is 2.53. The van der Waals surface area contributed by atoms with Crippen LogP contribution in [0.4, 0.5) is 0 Å². The van der Waals surface area contributed by atoms with Crippen molar-refractivity contribution in [3.05, 3.63) is 15.3 Å². The molecule has 1 aromatic heterocycles. The van der Waals surface area contributed by atoms with Gasteiger partial charge in [0.2, 0.25) is 0 Å². The van der Waals surface area contributed by atoms with Gasteiger partial charge in [0.1, 0.15) is 17.1 Å². The van der Waals surface area contributed by atoms with Gasteiger partial charge < -0.3 is 9.84 Å². The summed E-state index contributed by atoms with van der Waals surface area (Å²) in [5.41, 5.74) is 0.163. The molecule has 5 heteroatoms. The third kappa shape index (κ3) is 2.09. The van der Waals surface area contributed by atoms with Crippen molar-refractivity contribution >= 4 is 23.1 Å². The molecule has 0 spiro atoms. The second-order valence-corrected chi connectivity index (χ2v) is 4.83. The van der Waals surface area contributed by atoms with E-state index in [1.165, 1.54) is 25.4 Å². The molecule has 4 nitrogen and oxygen atoms in total. The minimum Gasteiger partial charge on any atom is -0.506 e. The number of esters is 1. The maximum atomic E-state index is 11.4. The Morgan fingerprint density at radius 3 is 2.44 bits per heavy atom. The Bertz CT molecular complexity index is 433. The van der Waals surface area contributed by atoms with E-state index in [0.717, 1.165) is 0 Å². The number of Topliss-reactive ketones (excluding diaryl/α,β-unsaturated/α-hetero) is 1. The standard InChI is InChI=1S/C11H14O4S/c1-5(6(2)12)10-9(13)8(7(3)16-10)11(14)15-4/h5,13H,1-4H3. The van der Waals surface area contributed by atoms with Gasteiger partial charge in [-0.15, -0.1) is 11.3 Å². The van der Waals surface area contributed by atoms with Crippen LogP contribution >= 0.6 is 11.3 Å². The summed E-state index contributed by atoms with van der Waals surface area (Å²) in [4.78, 5) is 23.8. The highest BCUT2D eigenvalue weighted by atomic mass is 32.1. The van der Waals surface area contributed by atoms with E-state index >= 15 is 0 Å². The topological polar surface area (TPSA) is 63.6 Å². The molecule has 1 heterocycles. The second-order valence-electron chi connectivity index (χ2n) is 3.57. The molecule has 0 aliphatic carbocycles. The summed E-state index contributed by atoms with van der Waals surface area (Å²) >= 11 is 1.25. The molecule has 0 aromatic carbocycles. The highest BCUT2D eigenvalue weighted by Gasteiger charge is 2.26. The van der Waals surface area contributed by atoms with Gasteiger partial charge in [-0.3, -0.25) is 4.79 Å². The van der Waals surface area contributed by atoms with Gasteiger partial charge in [0.15, 0.2) is 0 Å². The van der Waals surface area contributed by atoms with E-state index in [1.807, 2.05) is 0 Å². The fourth-order valence-electron chi connectivity index (χ4n) is 1.37. The first-order chi connectivity index (χ1) is 7.40. The number of aryl methyl sites for hydroxylation is 1. The van der Waals surface area contributed by atoms with Gasteiger partial charge in [0.05, 0.1) is 17.9 Å². The van der Waals surface area contributed by atoms with Crippen molar-refractivity contribution in [2.24, 2.45) is 0 Å². The van der Waals surface area contributed by atoms with Gasteiger partial charge in [-0.25, -0.2) is 4.79 Å². The largest absolute Gasteiger partial charge is 0.506 e. The lowest BCUT2D eigenvalue weighted by Crippen LogP contribution is -2.04. The highest BCUT2D eigenvalue weighted by molar-refractivity contribution is 7.12. The van der Waals surface area contributed by atoms with Crippen molar-refractivity contribution in [2.75, 3.05) is 7.11 Å².